The molecule has 0 radical (unpaired) electrons. The Kier molecular flexibility index (Phi) is 6.31. The van der Waals surface area contributed by atoms with Crippen molar-refractivity contribution in [2.75, 3.05) is 0 Å². The molecule has 0 saturated heterocycles. The van der Waals surface area contributed by atoms with Crippen LogP contribution in [0, 0.1) is 6.92 Å². The first-order chi connectivity index (χ1) is 12.9. The molecule has 27 heavy (non-hydrogen) atoms. The highest BCUT2D eigenvalue weighted by molar-refractivity contribution is 9.10. The average molecular weight is 464 g/mol. The van der Waals surface area contributed by atoms with Crippen molar-refractivity contribution in [3.05, 3.63) is 81.0 Å². The second kappa shape index (κ2) is 8.69. The van der Waals surface area contributed by atoms with Gasteiger partial charge in [-0.1, -0.05) is 45.7 Å². The molecule has 3 rings (SSSR count). The molecule has 0 bridgehead atoms. The topological polar surface area (TPSA) is 54.3 Å². The maximum atomic E-state index is 12.3. The predicted molar refractivity (Wildman–Crippen MR) is 115 cm³/mol. The van der Waals surface area contributed by atoms with Crippen LogP contribution in [0.4, 0.5) is 0 Å². The zero-order valence-electron chi connectivity index (χ0n) is 14.4. The van der Waals surface area contributed by atoms with E-state index in [1.807, 2.05) is 49.4 Å². The lowest BCUT2D eigenvalue weighted by Gasteiger charge is -2.09. The standard InChI is InChI=1S/C20H16BrClN2O2S/c1-12-2-8-16(17(22)10-12)19(25)24-20(27)23-11-15-7-9-18(26-15)13-3-5-14(21)6-4-13/h2-10H,11H2,1H3,(H2,23,24,25,27). The Morgan fingerprint density at radius 1 is 1.15 bits per heavy atom. The third-order valence-electron chi connectivity index (χ3n) is 3.81. The fraction of sp³-hybridized carbons (Fsp3) is 0.100. The Morgan fingerprint density at radius 2 is 1.89 bits per heavy atom. The molecular weight excluding hydrogens is 448 g/mol. The summed E-state index contributed by atoms with van der Waals surface area (Å²) in [7, 11) is 0. The molecule has 1 heterocycles. The highest BCUT2D eigenvalue weighted by Crippen LogP contribution is 2.24. The van der Waals surface area contributed by atoms with Gasteiger partial charge >= 0.3 is 0 Å². The fourth-order valence-electron chi connectivity index (χ4n) is 2.43. The largest absolute Gasteiger partial charge is 0.459 e. The molecule has 2 N–H and O–H groups in total. The molecule has 0 unspecified atom stereocenters. The summed E-state index contributed by atoms with van der Waals surface area (Å²) < 4.78 is 6.82. The molecule has 0 aliphatic heterocycles. The third-order valence-corrected chi connectivity index (χ3v) is 4.90. The summed E-state index contributed by atoms with van der Waals surface area (Å²) in [5, 5.41) is 6.18. The average Bonchev–Trinajstić information content (AvgIpc) is 3.09. The van der Waals surface area contributed by atoms with Gasteiger partial charge in [-0.15, -0.1) is 0 Å². The Bertz CT molecular complexity index is 986. The van der Waals surface area contributed by atoms with Crippen molar-refractivity contribution in [3.63, 3.8) is 0 Å². The second-order valence-corrected chi connectivity index (χ2v) is 7.62. The summed E-state index contributed by atoms with van der Waals surface area (Å²) >= 11 is 14.7. The summed E-state index contributed by atoms with van der Waals surface area (Å²) in [5.41, 5.74) is 2.34. The van der Waals surface area contributed by atoms with Gasteiger partial charge in [-0.25, -0.2) is 0 Å². The Balaban J connectivity index is 1.56. The number of rotatable bonds is 4. The number of carbonyl (C=O) groups is 1. The summed E-state index contributed by atoms with van der Waals surface area (Å²) in [6.07, 6.45) is 0. The van der Waals surface area contributed by atoms with E-state index in [0.717, 1.165) is 21.4 Å². The van der Waals surface area contributed by atoms with E-state index in [9.17, 15) is 4.79 Å². The minimum atomic E-state index is -0.354. The number of thiocarbonyl (C=S) groups is 1. The van der Waals surface area contributed by atoms with E-state index in [0.29, 0.717) is 22.9 Å². The molecule has 4 nitrogen and oxygen atoms in total. The molecular formula is C20H16BrClN2O2S. The first kappa shape index (κ1) is 19.6. The normalized spacial score (nSPS) is 10.5. The van der Waals surface area contributed by atoms with Crippen molar-refractivity contribution < 1.29 is 9.21 Å². The maximum Gasteiger partial charge on any atom is 0.258 e. The lowest BCUT2D eigenvalue weighted by Crippen LogP contribution is -2.38. The number of nitrogens with one attached hydrogen (secondary N) is 2. The molecule has 0 aliphatic carbocycles. The van der Waals surface area contributed by atoms with Crippen LogP contribution < -0.4 is 10.6 Å². The monoisotopic (exact) mass is 462 g/mol. The number of halogens is 2. The van der Waals surface area contributed by atoms with Gasteiger partial charge in [0.2, 0.25) is 0 Å². The number of hydrogen-bond acceptors (Lipinski definition) is 3. The maximum absolute atomic E-state index is 12.3. The first-order valence-electron chi connectivity index (χ1n) is 8.12. The summed E-state index contributed by atoms with van der Waals surface area (Å²) in [6, 6.07) is 16.8. The molecule has 138 valence electrons. The van der Waals surface area contributed by atoms with E-state index in [4.69, 9.17) is 28.2 Å². The second-order valence-electron chi connectivity index (χ2n) is 5.89. The van der Waals surface area contributed by atoms with Gasteiger partial charge in [0.05, 0.1) is 17.1 Å². The number of aryl methyl sites for hydroxylation is 1. The smallest absolute Gasteiger partial charge is 0.258 e. The summed E-state index contributed by atoms with van der Waals surface area (Å²) in [6.45, 7) is 2.27. The van der Waals surface area contributed by atoms with Gasteiger partial charge in [-0.2, -0.15) is 0 Å². The first-order valence-corrected chi connectivity index (χ1v) is 9.70. The van der Waals surface area contributed by atoms with Crippen molar-refractivity contribution in [1.29, 1.82) is 0 Å². The van der Waals surface area contributed by atoms with Crippen LogP contribution in [0.15, 0.2) is 63.5 Å². The van der Waals surface area contributed by atoms with E-state index >= 15 is 0 Å². The summed E-state index contributed by atoms with van der Waals surface area (Å²) in [5.74, 6) is 1.12. The van der Waals surface area contributed by atoms with Crippen LogP contribution in [0.2, 0.25) is 5.02 Å². The van der Waals surface area contributed by atoms with Gasteiger partial charge in [0.15, 0.2) is 5.11 Å². The zero-order chi connectivity index (χ0) is 19.4. The van der Waals surface area contributed by atoms with Crippen molar-refractivity contribution in [1.82, 2.24) is 10.6 Å². The molecule has 0 saturated carbocycles. The van der Waals surface area contributed by atoms with Crippen LogP contribution in [0.1, 0.15) is 21.7 Å². The fourth-order valence-corrected chi connectivity index (χ4v) is 3.18. The van der Waals surface area contributed by atoms with Crippen LogP contribution in [0.3, 0.4) is 0 Å². The predicted octanol–water partition coefficient (Wildman–Crippen LogP) is 5.48. The van der Waals surface area contributed by atoms with E-state index in [2.05, 4.69) is 26.6 Å². The van der Waals surface area contributed by atoms with Crippen LogP contribution in [0.25, 0.3) is 11.3 Å². The van der Waals surface area contributed by atoms with Crippen molar-refractivity contribution in [3.8, 4) is 11.3 Å². The van der Waals surface area contributed by atoms with Crippen LogP contribution >= 0.6 is 39.7 Å². The van der Waals surface area contributed by atoms with E-state index < -0.39 is 0 Å². The molecule has 7 heteroatoms. The van der Waals surface area contributed by atoms with Crippen molar-refractivity contribution in [2.24, 2.45) is 0 Å². The van der Waals surface area contributed by atoms with Gasteiger partial charge < -0.3 is 9.73 Å². The minimum Gasteiger partial charge on any atom is -0.459 e. The van der Waals surface area contributed by atoms with E-state index in [1.54, 1.807) is 12.1 Å². The molecule has 1 aromatic heterocycles. The van der Waals surface area contributed by atoms with Crippen molar-refractivity contribution >= 4 is 50.8 Å². The number of amides is 1. The zero-order valence-corrected chi connectivity index (χ0v) is 17.5. The number of furan rings is 1. The van der Waals surface area contributed by atoms with Gasteiger partial charge in [-0.3, -0.25) is 10.1 Å². The van der Waals surface area contributed by atoms with Gasteiger partial charge in [0.1, 0.15) is 11.5 Å². The molecule has 1 amide bonds. The lowest BCUT2D eigenvalue weighted by molar-refractivity contribution is 0.0976. The van der Waals surface area contributed by atoms with Crippen LogP contribution in [-0.2, 0) is 6.54 Å². The summed E-state index contributed by atoms with van der Waals surface area (Å²) in [4.78, 5) is 12.3. The van der Waals surface area contributed by atoms with Crippen molar-refractivity contribution in [2.45, 2.75) is 13.5 Å². The molecule has 3 aromatic rings. The van der Waals surface area contributed by atoms with E-state index in [-0.39, 0.29) is 11.0 Å². The third kappa shape index (κ3) is 5.19. The molecule has 0 aliphatic rings. The van der Waals surface area contributed by atoms with Gasteiger partial charge in [0.25, 0.3) is 5.91 Å². The lowest BCUT2D eigenvalue weighted by atomic mass is 10.1. The number of hydrogen-bond donors (Lipinski definition) is 2. The minimum absolute atomic E-state index is 0.207. The Hall–Kier alpha value is -2.15. The van der Waals surface area contributed by atoms with Crippen LogP contribution in [0.5, 0.6) is 0 Å². The number of carbonyl (C=O) groups excluding carboxylic acids is 1. The van der Waals surface area contributed by atoms with Gasteiger partial charge in [0, 0.05) is 10.0 Å². The quantitative estimate of drug-likeness (QED) is 0.503. The molecule has 0 atom stereocenters. The molecule has 0 spiro atoms. The highest BCUT2D eigenvalue weighted by Gasteiger charge is 2.12. The van der Waals surface area contributed by atoms with Gasteiger partial charge in [-0.05, 0) is 61.1 Å². The van der Waals surface area contributed by atoms with Crippen LogP contribution in [-0.4, -0.2) is 11.0 Å². The van der Waals surface area contributed by atoms with E-state index in [1.165, 1.54) is 0 Å². The molecule has 0 fully saturated rings. The highest BCUT2D eigenvalue weighted by atomic mass is 79.9. The molecule has 2 aromatic carbocycles. The number of benzene rings is 2. The SMILES string of the molecule is Cc1ccc(C(=O)NC(=S)NCc2ccc(-c3ccc(Br)cc3)o2)c(Cl)c1. The Labute approximate surface area is 176 Å². The Morgan fingerprint density at radius 3 is 2.59 bits per heavy atom.